The van der Waals surface area contributed by atoms with Crippen molar-refractivity contribution in [1.29, 1.82) is 0 Å². The molecule has 4 nitrogen and oxygen atoms in total. The van der Waals surface area contributed by atoms with E-state index in [9.17, 15) is 0 Å². The topological polar surface area (TPSA) is 39.7 Å². The largest absolute Gasteiger partial charge is 0.488 e. The Morgan fingerprint density at radius 2 is 1.60 bits per heavy atom. The SMILES string of the molecule is CCOC(COc1ccc(CNC(C)C)cc1)OCC. The maximum Gasteiger partial charge on any atom is 0.191 e. The van der Waals surface area contributed by atoms with Crippen LogP contribution in [0.1, 0.15) is 33.3 Å². The van der Waals surface area contributed by atoms with Crippen LogP contribution >= 0.6 is 0 Å². The zero-order chi connectivity index (χ0) is 14.8. The van der Waals surface area contributed by atoms with Gasteiger partial charge in [-0.15, -0.1) is 0 Å². The maximum atomic E-state index is 5.68. The molecular formula is C16H27NO3. The fourth-order valence-electron chi connectivity index (χ4n) is 1.71. The van der Waals surface area contributed by atoms with E-state index in [-0.39, 0.29) is 6.29 Å². The molecule has 114 valence electrons. The summed E-state index contributed by atoms with van der Waals surface area (Å²) in [5.41, 5.74) is 1.25. The first-order valence-electron chi connectivity index (χ1n) is 7.34. The Bertz CT molecular complexity index is 345. The van der Waals surface area contributed by atoms with Gasteiger partial charge in [-0.2, -0.15) is 0 Å². The molecule has 0 amide bonds. The third-order valence-electron chi connectivity index (χ3n) is 2.73. The van der Waals surface area contributed by atoms with E-state index in [4.69, 9.17) is 14.2 Å². The van der Waals surface area contributed by atoms with Crippen LogP contribution in [0.4, 0.5) is 0 Å². The monoisotopic (exact) mass is 281 g/mol. The lowest BCUT2D eigenvalue weighted by Crippen LogP contribution is -2.25. The van der Waals surface area contributed by atoms with E-state index in [1.54, 1.807) is 0 Å². The molecular weight excluding hydrogens is 254 g/mol. The van der Waals surface area contributed by atoms with Crippen molar-refractivity contribution in [2.45, 2.75) is 46.6 Å². The van der Waals surface area contributed by atoms with E-state index in [2.05, 4.69) is 31.3 Å². The predicted molar refractivity (Wildman–Crippen MR) is 81.0 cm³/mol. The van der Waals surface area contributed by atoms with Gasteiger partial charge in [0.2, 0.25) is 0 Å². The summed E-state index contributed by atoms with van der Waals surface area (Å²) in [4.78, 5) is 0. The summed E-state index contributed by atoms with van der Waals surface area (Å²) in [6.07, 6.45) is -0.299. The van der Waals surface area contributed by atoms with Gasteiger partial charge >= 0.3 is 0 Å². The molecule has 0 heterocycles. The number of benzene rings is 1. The molecule has 1 aromatic rings. The molecule has 0 aliphatic carbocycles. The van der Waals surface area contributed by atoms with E-state index >= 15 is 0 Å². The second-order valence-corrected chi connectivity index (χ2v) is 4.83. The van der Waals surface area contributed by atoms with Crippen LogP contribution in [0.15, 0.2) is 24.3 Å². The minimum Gasteiger partial charge on any atom is -0.488 e. The number of rotatable bonds is 10. The molecule has 0 radical (unpaired) electrons. The molecule has 0 spiro atoms. The molecule has 0 fully saturated rings. The van der Waals surface area contributed by atoms with E-state index < -0.39 is 0 Å². The molecule has 0 bridgehead atoms. The zero-order valence-corrected chi connectivity index (χ0v) is 13.0. The zero-order valence-electron chi connectivity index (χ0n) is 13.0. The number of hydrogen-bond acceptors (Lipinski definition) is 4. The summed E-state index contributed by atoms with van der Waals surface area (Å²) in [6, 6.07) is 8.59. The van der Waals surface area contributed by atoms with Gasteiger partial charge in [0.1, 0.15) is 12.4 Å². The second-order valence-electron chi connectivity index (χ2n) is 4.83. The molecule has 0 saturated heterocycles. The predicted octanol–water partition coefficient (Wildman–Crippen LogP) is 2.96. The van der Waals surface area contributed by atoms with Gasteiger partial charge in [0.15, 0.2) is 6.29 Å². The summed E-state index contributed by atoms with van der Waals surface area (Å²) in [5.74, 6) is 0.836. The highest BCUT2D eigenvalue weighted by atomic mass is 16.7. The van der Waals surface area contributed by atoms with Gasteiger partial charge in [-0.3, -0.25) is 0 Å². The van der Waals surface area contributed by atoms with E-state index in [1.807, 2.05) is 26.0 Å². The second kappa shape index (κ2) is 9.75. The van der Waals surface area contributed by atoms with Crippen LogP contribution in [0, 0.1) is 0 Å². The fraction of sp³-hybridized carbons (Fsp3) is 0.625. The third-order valence-corrected chi connectivity index (χ3v) is 2.73. The van der Waals surface area contributed by atoms with Gasteiger partial charge in [0.05, 0.1) is 0 Å². The lowest BCUT2D eigenvalue weighted by Gasteiger charge is -2.17. The van der Waals surface area contributed by atoms with Crippen molar-refractivity contribution < 1.29 is 14.2 Å². The average molecular weight is 281 g/mol. The Kier molecular flexibility index (Phi) is 8.26. The molecule has 0 aliphatic heterocycles. The summed E-state index contributed by atoms with van der Waals surface area (Å²) in [6.45, 7) is 10.7. The molecule has 0 aromatic heterocycles. The molecule has 0 saturated carbocycles. The Morgan fingerprint density at radius 3 is 2.10 bits per heavy atom. The number of hydrogen-bond donors (Lipinski definition) is 1. The van der Waals surface area contributed by atoms with Crippen LogP contribution in [-0.4, -0.2) is 32.2 Å². The van der Waals surface area contributed by atoms with Gasteiger partial charge in [0.25, 0.3) is 0 Å². The van der Waals surface area contributed by atoms with Gasteiger partial charge in [-0.1, -0.05) is 26.0 Å². The highest BCUT2D eigenvalue weighted by molar-refractivity contribution is 5.27. The first kappa shape index (κ1) is 17.0. The van der Waals surface area contributed by atoms with Crippen LogP contribution in [-0.2, 0) is 16.0 Å². The van der Waals surface area contributed by atoms with Crippen LogP contribution in [0.5, 0.6) is 5.75 Å². The summed E-state index contributed by atoms with van der Waals surface area (Å²) >= 11 is 0. The Morgan fingerprint density at radius 1 is 1.00 bits per heavy atom. The first-order chi connectivity index (χ1) is 9.65. The van der Waals surface area contributed by atoms with Crippen molar-refractivity contribution in [3.63, 3.8) is 0 Å². The molecule has 20 heavy (non-hydrogen) atoms. The lowest BCUT2D eigenvalue weighted by atomic mass is 10.2. The summed E-state index contributed by atoms with van der Waals surface area (Å²) in [7, 11) is 0. The Balaban J connectivity index is 2.40. The van der Waals surface area contributed by atoms with Crippen molar-refractivity contribution in [1.82, 2.24) is 5.32 Å². The minimum atomic E-state index is -0.299. The highest BCUT2D eigenvalue weighted by Gasteiger charge is 2.08. The molecule has 0 aliphatic rings. The van der Waals surface area contributed by atoms with Gasteiger partial charge < -0.3 is 19.5 Å². The molecule has 1 rings (SSSR count). The number of ether oxygens (including phenoxy) is 3. The first-order valence-corrected chi connectivity index (χ1v) is 7.34. The van der Waals surface area contributed by atoms with E-state index in [0.717, 1.165) is 12.3 Å². The molecule has 0 atom stereocenters. The van der Waals surface area contributed by atoms with Crippen LogP contribution in [0.3, 0.4) is 0 Å². The molecule has 1 aromatic carbocycles. The van der Waals surface area contributed by atoms with Gasteiger partial charge in [-0.05, 0) is 31.5 Å². The normalized spacial score (nSPS) is 11.3. The van der Waals surface area contributed by atoms with Crippen LogP contribution in [0.25, 0.3) is 0 Å². The summed E-state index contributed by atoms with van der Waals surface area (Å²) in [5, 5.41) is 3.38. The van der Waals surface area contributed by atoms with Gasteiger partial charge in [0, 0.05) is 25.8 Å². The van der Waals surface area contributed by atoms with Crippen LogP contribution < -0.4 is 10.1 Å². The average Bonchev–Trinajstić information content (AvgIpc) is 2.44. The highest BCUT2D eigenvalue weighted by Crippen LogP contribution is 2.13. The third kappa shape index (κ3) is 6.89. The van der Waals surface area contributed by atoms with Crippen molar-refractivity contribution in [2.75, 3.05) is 19.8 Å². The molecule has 0 unspecified atom stereocenters. The molecule has 4 heteroatoms. The van der Waals surface area contributed by atoms with Crippen molar-refractivity contribution >= 4 is 0 Å². The van der Waals surface area contributed by atoms with Crippen molar-refractivity contribution in [2.24, 2.45) is 0 Å². The van der Waals surface area contributed by atoms with Crippen molar-refractivity contribution in [3.05, 3.63) is 29.8 Å². The maximum absolute atomic E-state index is 5.68. The number of nitrogens with one attached hydrogen (secondary N) is 1. The smallest absolute Gasteiger partial charge is 0.191 e. The summed E-state index contributed by atoms with van der Waals surface area (Å²) < 4.78 is 16.6. The Hall–Kier alpha value is -1.10. The Labute approximate surface area is 122 Å². The fourth-order valence-corrected chi connectivity index (χ4v) is 1.71. The minimum absolute atomic E-state index is 0.299. The van der Waals surface area contributed by atoms with E-state index in [1.165, 1.54) is 5.56 Å². The van der Waals surface area contributed by atoms with E-state index in [0.29, 0.717) is 25.9 Å². The van der Waals surface area contributed by atoms with Gasteiger partial charge in [-0.25, -0.2) is 0 Å². The standard InChI is InChI=1S/C16H27NO3/c1-5-18-16(19-6-2)12-20-15-9-7-14(8-10-15)11-17-13(3)4/h7-10,13,16-17H,5-6,11-12H2,1-4H3. The molecule has 1 N–H and O–H groups in total. The van der Waals surface area contributed by atoms with Crippen LogP contribution in [0.2, 0.25) is 0 Å². The van der Waals surface area contributed by atoms with Crippen molar-refractivity contribution in [3.8, 4) is 5.75 Å². The lowest BCUT2D eigenvalue weighted by molar-refractivity contribution is -0.152. The quantitative estimate of drug-likeness (QED) is 0.669.